The Kier molecular flexibility index (Phi) is 4.74. The lowest BCUT2D eigenvalue weighted by Gasteiger charge is -2.15. The zero-order valence-corrected chi connectivity index (χ0v) is 9.34. The minimum atomic E-state index is 0.810. The Bertz CT molecular complexity index is 134. The van der Waals surface area contributed by atoms with Gasteiger partial charge < -0.3 is 10.2 Å². The van der Waals surface area contributed by atoms with E-state index < -0.39 is 0 Å². The fourth-order valence-electron chi connectivity index (χ4n) is 2.12. The Morgan fingerprint density at radius 3 is 2.62 bits per heavy atom. The van der Waals surface area contributed by atoms with Crippen LogP contribution in [0.3, 0.4) is 0 Å². The third kappa shape index (κ3) is 4.10. The highest BCUT2D eigenvalue weighted by Crippen LogP contribution is 2.27. The highest BCUT2D eigenvalue weighted by Gasteiger charge is 2.22. The molecule has 0 aromatic heterocycles. The molecule has 0 bridgehead atoms. The molecule has 0 amide bonds. The molecule has 0 spiro atoms. The smallest absolute Gasteiger partial charge is 0.0101 e. The quantitative estimate of drug-likeness (QED) is 0.700. The van der Waals surface area contributed by atoms with Gasteiger partial charge in [-0.25, -0.2) is 0 Å². The first-order chi connectivity index (χ1) is 6.22. The van der Waals surface area contributed by atoms with Crippen LogP contribution in [0.15, 0.2) is 0 Å². The van der Waals surface area contributed by atoms with Crippen LogP contribution in [0.5, 0.6) is 0 Å². The number of hydrogen-bond acceptors (Lipinski definition) is 2. The van der Waals surface area contributed by atoms with Crippen LogP contribution in [-0.4, -0.2) is 38.1 Å². The lowest BCUT2D eigenvalue weighted by Crippen LogP contribution is -2.33. The molecule has 2 heteroatoms. The van der Waals surface area contributed by atoms with Crippen molar-refractivity contribution in [2.24, 2.45) is 5.92 Å². The highest BCUT2D eigenvalue weighted by atomic mass is 15.1. The van der Waals surface area contributed by atoms with Crippen molar-refractivity contribution in [1.29, 1.82) is 0 Å². The number of nitrogens with one attached hydrogen (secondary N) is 1. The fraction of sp³-hybridized carbons (Fsp3) is 1.00. The standard InChI is InChI=1S/C11H24N2/c1-4-10-5-6-11(9-10)12-7-8-13(2)3/h10-12H,4-9H2,1-3H3. The van der Waals surface area contributed by atoms with Gasteiger partial charge >= 0.3 is 0 Å². The normalized spacial score (nSPS) is 28.6. The summed E-state index contributed by atoms with van der Waals surface area (Å²) in [4.78, 5) is 2.24. The third-order valence-electron chi connectivity index (χ3n) is 3.11. The Hall–Kier alpha value is -0.0800. The lowest BCUT2D eigenvalue weighted by atomic mass is 10.1. The summed E-state index contributed by atoms with van der Waals surface area (Å²) in [5, 5.41) is 3.64. The van der Waals surface area contributed by atoms with E-state index in [4.69, 9.17) is 0 Å². The summed E-state index contributed by atoms with van der Waals surface area (Å²) in [7, 11) is 4.26. The Morgan fingerprint density at radius 2 is 2.08 bits per heavy atom. The molecule has 1 saturated carbocycles. The van der Waals surface area contributed by atoms with E-state index in [2.05, 4.69) is 31.2 Å². The number of nitrogens with zero attached hydrogens (tertiary/aromatic N) is 1. The molecule has 1 rings (SSSR count). The van der Waals surface area contributed by atoms with Gasteiger partial charge in [0.2, 0.25) is 0 Å². The van der Waals surface area contributed by atoms with E-state index in [1.807, 2.05) is 0 Å². The first kappa shape index (κ1) is 11.0. The van der Waals surface area contributed by atoms with Crippen molar-refractivity contribution in [2.45, 2.75) is 38.6 Å². The van der Waals surface area contributed by atoms with Crippen LogP contribution in [0.1, 0.15) is 32.6 Å². The monoisotopic (exact) mass is 184 g/mol. The van der Waals surface area contributed by atoms with Crippen molar-refractivity contribution < 1.29 is 0 Å². The van der Waals surface area contributed by atoms with Gasteiger partial charge in [0.15, 0.2) is 0 Å². The zero-order chi connectivity index (χ0) is 9.68. The van der Waals surface area contributed by atoms with Gasteiger partial charge in [-0.15, -0.1) is 0 Å². The largest absolute Gasteiger partial charge is 0.313 e. The minimum absolute atomic E-state index is 0.810. The topological polar surface area (TPSA) is 15.3 Å². The molecular weight excluding hydrogens is 160 g/mol. The van der Waals surface area contributed by atoms with Gasteiger partial charge in [-0.3, -0.25) is 0 Å². The second-order valence-corrected chi connectivity index (χ2v) is 4.54. The molecule has 2 atom stereocenters. The summed E-state index contributed by atoms with van der Waals surface area (Å²) in [6.07, 6.45) is 5.61. The van der Waals surface area contributed by atoms with Gasteiger partial charge in [0.05, 0.1) is 0 Å². The second kappa shape index (κ2) is 5.61. The molecule has 0 aromatic rings. The van der Waals surface area contributed by atoms with Crippen LogP contribution in [0.25, 0.3) is 0 Å². The van der Waals surface area contributed by atoms with Gasteiger partial charge in [-0.1, -0.05) is 13.3 Å². The van der Waals surface area contributed by atoms with Crippen molar-refractivity contribution in [3.8, 4) is 0 Å². The minimum Gasteiger partial charge on any atom is -0.313 e. The first-order valence-electron chi connectivity index (χ1n) is 5.60. The summed E-state index contributed by atoms with van der Waals surface area (Å²) in [6, 6.07) is 0.810. The summed E-state index contributed by atoms with van der Waals surface area (Å²) in [5.41, 5.74) is 0. The van der Waals surface area contributed by atoms with Crippen LogP contribution in [0, 0.1) is 5.92 Å². The SMILES string of the molecule is CCC1CCC(NCCN(C)C)C1. The predicted octanol–water partition coefficient (Wildman–Crippen LogP) is 1.72. The second-order valence-electron chi connectivity index (χ2n) is 4.54. The van der Waals surface area contributed by atoms with Crippen molar-refractivity contribution in [3.63, 3.8) is 0 Å². The van der Waals surface area contributed by atoms with Crippen molar-refractivity contribution in [1.82, 2.24) is 10.2 Å². The van der Waals surface area contributed by atoms with Crippen molar-refractivity contribution in [2.75, 3.05) is 27.2 Å². The number of likely N-dealkylation sites (N-methyl/N-ethyl adjacent to an activating group) is 1. The van der Waals surface area contributed by atoms with Gasteiger partial charge in [0, 0.05) is 19.1 Å². The third-order valence-corrected chi connectivity index (χ3v) is 3.11. The average Bonchev–Trinajstić information content (AvgIpc) is 2.52. The number of rotatable bonds is 5. The molecule has 0 heterocycles. The van der Waals surface area contributed by atoms with E-state index in [1.54, 1.807) is 0 Å². The maximum absolute atomic E-state index is 3.64. The Labute approximate surface area is 82.7 Å². The molecule has 1 aliphatic carbocycles. The van der Waals surface area contributed by atoms with E-state index >= 15 is 0 Å². The summed E-state index contributed by atoms with van der Waals surface area (Å²) in [6.45, 7) is 4.62. The van der Waals surface area contributed by atoms with Crippen molar-refractivity contribution in [3.05, 3.63) is 0 Å². The Balaban J connectivity index is 2.03. The molecule has 1 fully saturated rings. The van der Waals surface area contributed by atoms with E-state index in [0.29, 0.717) is 0 Å². The van der Waals surface area contributed by atoms with Crippen LogP contribution in [-0.2, 0) is 0 Å². The van der Waals surface area contributed by atoms with Crippen LogP contribution >= 0.6 is 0 Å². The summed E-state index contributed by atoms with van der Waals surface area (Å²) >= 11 is 0. The van der Waals surface area contributed by atoms with Crippen molar-refractivity contribution >= 4 is 0 Å². The molecule has 1 N–H and O–H groups in total. The Morgan fingerprint density at radius 1 is 1.31 bits per heavy atom. The summed E-state index contributed by atoms with van der Waals surface area (Å²) < 4.78 is 0. The first-order valence-corrected chi connectivity index (χ1v) is 5.60. The molecule has 1 aliphatic rings. The van der Waals surface area contributed by atoms with Crippen LogP contribution < -0.4 is 5.32 Å². The molecule has 0 saturated heterocycles. The maximum Gasteiger partial charge on any atom is 0.0101 e. The molecule has 2 unspecified atom stereocenters. The van der Waals surface area contributed by atoms with E-state index in [-0.39, 0.29) is 0 Å². The van der Waals surface area contributed by atoms with Crippen LogP contribution in [0.4, 0.5) is 0 Å². The highest BCUT2D eigenvalue weighted by molar-refractivity contribution is 4.79. The molecule has 0 aliphatic heterocycles. The van der Waals surface area contributed by atoms with Gasteiger partial charge in [0.1, 0.15) is 0 Å². The molecule has 0 radical (unpaired) electrons. The van der Waals surface area contributed by atoms with Crippen LogP contribution in [0.2, 0.25) is 0 Å². The lowest BCUT2D eigenvalue weighted by molar-refractivity contribution is 0.380. The van der Waals surface area contributed by atoms with E-state index in [0.717, 1.165) is 25.0 Å². The zero-order valence-electron chi connectivity index (χ0n) is 9.34. The molecular formula is C11H24N2. The molecule has 2 nitrogen and oxygen atoms in total. The average molecular weight is 184 g/mol. The summed E-state index contributed by atoms with van der Waals surface area (Å²) in [5.74, 6) is 0.997. The maximum atomic E-state index is 3.64. The fourth-order valence-corrected chi connectivity index (χ4v) is 2.12. The molecule has 78 valence electrons. The van der Waals surface area contributed by atoms with Gasteiger partial charge in [-0.2, -0.15) is 0 Å². The predicted molar refractivity (Wildman–Crippen MR) is 58.0 cm³/mol. The van der Waals surface area contributed by atoms with Gasteiger partial charge in [-0.05, 0) is 39.3 Å². The number of hydrogen-bond donors (Lipinski definition) is 1. The molecule has 0 aromatic carbocycles. The van der Waals surface area contributed by atoms with Gasteiger partial charge in [0.25, 0.3) is 0 Å². The van der Waals surface area contributed by atoms with E-state index in [1.165, 1.54) is 25.7 Å². The molecule has 13 heavy (non-hydrogen) atoms. The van der Waals surface area contributed by atoms with E-state index in [9.17, 15) is 0 Å².